The summed E-state index contributed by atoms with van der Waals surface area (Å²) in [5.74, 6) is 0.154. The number of carbonyl (C=O) groups is 1. The Morgan fingerprint density at radius 2 is 1.83 bits per heavy atom. The number of benzene rings is 1. The molecule has 0 saturated carbocycles. The smallest absolute Gasteiger partial charge is 0.224 e. The quantitative estimate of drug-likeness (QED) is 0.939. The standard InChI is InChI=1S/C20H25N3O/c24-20(21-18-10-14-23-13-2-1-5-19(18)23)15-16-6-8-17(9-7-16)22-11-3-4-12-22/h3-4,6-9,11-12,18-19H,1-2,5,10,13-15H2,(H,21,24)/t18-,19+/m0/s1. The van der Waals surface area contributed by atoms with Crippen molar-refractivity contribution in [2.75, 3.05) is 13.1 Å². The molecule has 0 bridgehead atoms. The van der Waals surface area contributed by atoms with Gasteiger partial charge in [-0.05, 0) is 55.6 Å². The maximum atomic E-state index is 12.4. The molecule has 2 saturated heterocycles. The summed E-state index contributed by atoms with van der Waals surface area (Å²) < 4.78 is 2.07. The topological polar surface area (TPSA) is 37.3 Å². The lowest BCUT2D eigenvalue weighted by Crippen LogP contribution is -2.47. The fourth-order valence-electron chi connectivity index (χ4n) is 4.15. The second kappa shape index (κ2) is 6.81. The minimum Gasteiger partial charge on any atom is -0.351 e. The monoisotopic (exact) mass is 323 g/mol. The average molecular weight is 323 g/mol. The summed E-state index contributed by atoms with van der Waals surface area (Å²) in [4.78, 5) is 15.0. The lowest BCUT2D eigenvalue weighted by Gasteiger charge is -2.32. The zero-order valence-electron chi connectivity index (χ0n) is 14.0. The zero-order chi connectivity index (χ0) is 16.4. The summed E-state index contributed by atoms with van der Waals surface area (Å²) in [5.41, 5.74) is 2.19. The van der Waals surface area contributed by atoms with Crippen LogP contribution in [0.4, 0.5) is 0 Å². The molecule has 0 spiro atoms. The summed E-state index contributed by atoms with van der Waals surface area (Å²) in [6.45, 7) is 2.35. The zero-order valence-corrected chi connectivity index (χ0v) is 14.0. The molecule has 0 aliphatic carbocycles. The molecule has 24 heavy (non-hydrogen) atoms. The van der Waals surface area contributed by atoms with E-state index in [4.69, 9.17) is 0 Å². The van der Waals surface area contributed by atoms with Crippen LogP contribution in [0, 0.1) is 0 Å². The van der Waals surface area contributed by atoms with E-state index >= 15 is 0 Å². The minimum atomic E-state index is 0.154. The van der Waals surface area contributed by atoms with Crippen LogP contribution in [-0.2, 0) is 11.2 Å². The molecule has 4 heteroatoms. The highest BCUT2D eigenvalue weighted by Crippen LogP contribution is 2.27. The maximum absolute atomic E-state index is 12.4. The fourth-order valence-corrected chi connectivity index (χ4v) is 4.15. The van der Waals surface area contributed by atoms with Crippen LogP contribution in [0.1, 0.15) is 31.2 Å². The maximum Gasteiger partial charge on any atom is 0.224 e. The average Bonchev–Trinajstić information content (AvgIpc) is 3.26. The summed E-state index contributed by atoms with van der Waals surface area (Å²) >= 11 is 0. The number of piperidine rings is 1. The van der Waals surface area contributed by atoms with Gasteiger partial charge in [-0.3, -0.25) is 9.69 Å². The molecule has 1 aromatic carbocycles. The van der Waals surface area contributed by atoms with Gasteiger partial charge in [0.1, 0.15) is 0 Å². The molecule has 3 heterocycles. The lowest BCUT2D eigenvalue weighted by molar-refractivity contribution is -0.121. The second-order valence-electron chi connectivity index (χ2n) is 7.00. The molecule has 0 unspecified atom stereocenters. The van der Waals surface area contributed by atoms with Crippen LogP contribution in [0.3, 0.4) is 0 Å². The summed E-state index contributed by atoms with van der Waals surface area (Å²) in [6, 6.07) is 13.2. The van der Waals surface area contributed by atoms with Gasteiger partial charge in [-0.2, -0.15) is 0 Å². The van der Waals surface area contributed by atoms with Gasteiger partial charge in [0.05, 0.1) is 6.42 Å². The Bertz CT molecular complexity index is 677. The predicted molar refractivity (Wildman–Crippen MR) is 95.2 cm³/mol. The number of hydrogen-bond donors (Lipinski definition) is 1. The lowest BCUT2D eigenvalue weighted by atomic mass is 9.99. The van der Waals surface area contributed by atoms with E-state index in [0.717, 1.165) is 24.2 Å². The van der Waals surface area contributed by atoms with Gasteiger partial charge < -0.3 is 9.88 Å². The van der Waals surface area contributed by atoms with Crippen LogP contribution in [0.2, 0.25) is 0 Å². The molecule has 2 aliphatic rings. The van der Waals surface area contributed by atoms with Crippen molar-refractivity contribution in [3.63, 3.8) is 0 Å². The second-order valence-corrected chi connectivity index (χ2v) is 7.00. The summed E-state index contributed by atoms with van der Waals surface area (Å²) in [6.07, 6.45) is 9.46. The van der Waals surface area contributed by atoms with Gasteiger partial charge in [0.2, 0.25) is 5.91 Å². The van der Waals surface area contributed by atoms with E-state index in [2.05, 4.69) is 39.0 Å². The molecule has 2 aliphatic heterocycles. The number of nitrogens with zero attached hydrogens (tertiary/aromatic N) is 2. The molecule has 4 rings (SSSR count). The van der Waals surface area contributed by atoms with Gasteiger partial charge in [-0.25, -0.2) is 0 Å². The first-order valence-electron chi connectivity index (χ1n) is 9.05. The van der Waals surface area contributed by atoms with Crippen LogP contribution in [-0.4, -0.2) is 40.5 Å². The number of rotatable bonds is 4. The molecule has 0 radical (unpaired) electrons. The SMILES string of the molecule is O=C(Cc1ccc(-n2cccc2)cc1)N[C@H]1CCN2CCCC[C@H]12. The molecular formula is C20H25N3O. The first kappa shape index (κ1) is 15.5. The molecule has 2 atom stereocenters. The summed E-state index contributed by atoms with van der Waals surface area (Å²) in [5, 5.41) is 3.28. The highest BCUT2D eigenvalue weighted by molar-refractivity contribution is 5.79. The van der Waals surface area contributed by atoms with Gasteiger partial charge in [-0.15, -0.1) is 0 Å². The predicted octanol–water partition coefficient (Wildman–Crippen LogP) is 2.76. The number of carbonyl (C=O) groups excluding carboxylic acids is 1. The van der Waals surface area contributed by atoms with Gasteiger partial charge >= 0.3 is 0 Å². The van der Waals surface area contributed by atoms with Crippen molar-refractivity contribution < 1.29 is 4.79 Å². The molecule has 1 aromatic heterocycles. The highest BCUT2D eigenvalue weighted by Gasteiger charge is 2.36. The molecule has 1 N–H and O–H groups in total. The first-order chi connectivity index (χ1) is 11.8. The van der Waals surface area contributed by atoms with E-state index in [1.165, 1.54) is 25.8 Å². The van der Waals surface area contributed by atoms with Gasteiger partial charge in [0.25, 0.3) is 0 Å². The Balaban J connectivity index is 1.34. The highest BCUT2D eigenvalue weighted by atomic mass is 16.1. The Hall–Kier alpha value is -2.07. The normalized spacial score (nSPS) is 23.8. The largest absolute Gasteiger partial charge is 0.351 e. The van der Waals surface area contributed by atoms with Gasteiger partial charge in [-0.1, -0.05) is 18.6 Å². The molecule has 1 amide bonds. The van der Waals surface area contributed by atoms with Crippen molar-refractivity contribution in [2.45, 2.75) is 44.2 Å². The molecule has 2 aromatic rings. The Morgan fingerprint density at radius 1 is 1.04 bits per heavy atom. The molecule has 2 fully saturated rings. The summed E-state index contributed by atoms with van der Waals surface area (Å²) in [7, 11) is 0. The number of amides is 1. The van der Waals surface area contributed by atoms with Crippen molar-refractivity contribution in [1.82, 2.24) is 14.8 Å². The molecule has 126 valence electrons. The number of fused-ring (bicyclic) bond motifs is 1. The number of aromatic nitrogens is 1. The van der Waals surface area contributed by atoms with Gasteiger partial charge in [0.15, 0.2) is 0 Å². The minimum absolute atomic E-state index is 0.154. The van der Waals surface area contributed by atoms with Gasteiger partial charge in [0, 0.05) is 36.7 Å². The van der Waals surface area contributed by atoms with E-state index < -0.39 is 0 Å². The van der Waals surface area contributed by atoms with Crippen LogP contribution in [0.25, 0.3) is 5.69 Å². The van der Waals surface area contributed by atoms with Crippen molar-refractivity contribution in [3.05, 3.63) is 54.4 Å². The fraction of sp³-hybridized carbons (Fsp3) is 0.450. The Morgan fingerprint density at radius 3 is 2.62 bits per heavy atom. The molecule has 4 nitrogen and oxygen atoms in total. The van der Waals surface area contributed by atoms with Crippen molar-refractivity contribution in [2.24, 2.45) is 0 Å². The number of hydrogen-bond acceptors (Lipinski definition) is 2. The van der Waals surface area contributed by atoms with Crippen molar-refractivity contribution in [3.8, 4) is 5.69 Å². The molecular weight excluding hydrogens is 298 g/mol. The first-order valence-corrected chi connectivity index (χ1v) is 9.05. The van der Waals surface area contributed by atoms with Crippen LogP contribution in [0.5, 0.6) is 0 Å². The van der Waals surface area contributed by atoms with E-state index in [9.17, 15) is 4.79 Å². The van der Waals surface area contributed by atoms with Crippen molar-refractivity contribution in [1.29, 1.82) is 0 Å². The van der Waals surface area contributed by atoms with Crippen LogP contribution < -0.4 is 5.32 Å². The van der Waals surface area contributed by atoms with E-state index in [1.807, 2.05) is 24.5 Å². The van der Waals surface area contributed by atoms with E-state index in [-0.39, 0.29) is 5.91 Å². The third kappa shape index (κ3) is 3.24. The third-order valence-electron chi connectivity index (χ3n) is 5.41. The van der Waals surface area contributed by atoms with E-state index in [1.54, 1.807) is 0 Å². The third-order valence-corrected chi connectivity index (χ3v) is 5.41. The van der Waals surface area contributed by atoms with E-state index in [0.29, 0.717) is 18.5 Å². The Labute approximate surface area is 143 Å². The van der Waals surface area contributed by atoms with Crippen LogP contribution >= 0.6 is 0 Å². The van der Waals surface area contributed by atoms with Crippen molar-refractivity contribution >= 4 is 5.91 Å². The Kier molecular flexibility index (Phi) is 4.39. The number of nitrogens with one attached hydrogen (secondary N) is 1. The van der Waals surface area contributed by atoms with Crippen LogP contribution in [0.15, 0.2) is 48.8 Å².